The predicted molar refractivity (Wildman–Crippen MR) is 74.4 cm³/mol. The van der Waals surface area contributed by atoms with Gasteiger partial charge in [-0.2, -0.15) is 0 Å². The second kappa shape index (κ2) is 6.44. The highest BCUT2D eigenvalue weighted by Crippen LogP contribution is 2.17. The summed E-state index contributed by atoms with van der Waals surface area (Å²) in [5.41, 5.74) is 3.13. The lowest BCUT2D eigenvalue weighted by Gasteiger charge is -2.08. The SMILES string of the molecule is O=C(NNC(=O)c1ccccc1[N+](=O)[O-])c1ccccc1F. The molecule has 8 heteroatoms. The lowest BCUT2D eigenvalue weighted by molar-refractivity contribution is -0.385. The van der Waals surface area contributed by atoms with Crippen molar-refractivity contribution in [1.29, 1.82) is 0 Å². The summed E-state index contributed by atoms with van der Waals surface area (Å²) in [5.74, 6) is -2.50. The molecule has 2 aromatic carbocycles. The molecular formula is C14H10FN3O4. The van der Waals surface area contributed by atoms with Crippen LogP contribution in [0.2, 0.25) is 0 Å². The van der Waals surface area contributed by atoms with Gasteiger partial charge in [0.25, 0.3) is 17.5 Å². The van der Waals surface area contributed by atoms with Crippen molar-refractivity contribution in [3.8, 4) is 0 Å². The average molecular weight is 303 g/mol. The van der Waals surface area contributed by atoms with Gasteiger partial charge in [-0.15, -0.1) is 0 Å². The molecule has 0 spiro atoms. The molecule has 2 aromatic rings. The van der Waals surface area contributed by atoms with Crippen LogP contribution in [0.1, 0.15) is 20.7 Å². The van der Waals surface area contributed by atoms with Gasteiger partial charge in [0, 0.05) is 6.07 Å². The highest BCUT2D eigenvalue weighted by molar-refractivity contribution is 6.01. The second-order valence-corrected chi connectivity index (χ2v) is 4.16. The third-order valence-electron chi connectivity index (χ3n) is 2.75. The number of nitrogens with zero attached hydrogens (tertiary/aromatic N) is 1. The first-order valence-corrected chi connectivity index (χ1v) is 6.09. The van der Waals surface area contributed by atoms with Crippen LogP contribution in [0.25, 0.3) is 0 Å². The quantitative estimate of drug-likeness (QED) is 0.667. The lowest BCUT2D eigenvalue weighted by atomic mass is 10.2. The van der Waals surface area contributed by atoms with E-state index in [1.54, 1.807) is 0 Å². The third kappa shape index (κ3) is 3.23. The van der Waals surface area contributed by atoms with Crippen LogP contribution in [0.5, 0.6) is 0 Å². The van der Waals surface area contributed by atoms with Crippen LogP contribution in [-0.2, 0) is 0 Å². The summed E-state index contributed by atoms with van der Waals surface area (Å²) in [4.78, 5) is 33.7. The number of nitro groups is 1. The molecule has 2 rings (SSSR count). The zero-order valence-electron chi connectivity index (χ0n) is 11.1. The standard InChI is InChI=1S/C14H10FN3O4/c15-11-7-3-1-5-9(11)13(19)16-17-14(20)10-6-2-4-8-12(10)18(21)22/h1-8H,(H,16,19)(H,17,20). The Morgan fingerprint density at radius 3 is 2.00 bits per heavy atom. The molecule has 0 unspecified atom stereocenters. The summed E-state index contributed by atoms with van der Waals surface area (Å²) in [6.07, 6.45) is 0. The van der Waals surface area contributed by atoms with Crippen LogP contribution in [0.3, 0.4) is 0 Å². The highest BCUT2D eigenvalue weighted by Gasteiger charge is 2.20. The summed E-state index contributed by atoms with van der Waals surface area (Å²) >= 11 is 0. The van der Waals surface area contributed by atoms with Crippen LogP contribution in [0, 0.1) is 15.9 Å². The van der Waals surface area contributed by atoms with Crippen molar-refractivity contribution in [3.05, 3.63) is 75.6 Å². The van der Waals surface area contributed by atoms with Crippen molar-refractivity contribution >= 4 is 17.5 Å². The van der Waals surface area contributed by atoms with Gasteiger partial charge < -0.3 is 0 Å². The Hall–Kier alpha value is -3.29. The van der Waals surface area contributed by atoms with Crippen molar-refractivity contribution in [2.24, 2.45) is 0 Å². The maximum Gasteiger partial charge on any atom is 0.282 e. The number of benzene rings is 2. The first-order valence-electron chi connectivity index (χ1n) is 6.09. The molecule has 0 atom stereocenters. The van der Waals surface area contributed by atoms with E-state index in [1.807, 2.05) is 10.9 Å². The Balaban J connectivity index is 2.09. The topological polar surface area (TPSA) is 101 Å². The van der Waals surface area contributed by atoms with Crippen LogP contribution >= 0.6 is 0 Å². The summed E-state index contributed by atoms with van der Waals surface area (Å²) in [5, 5.41) is 10.8. The van der Waals surface area contributed by atoms with Crippen molar-refractivity contribution in [1.82, 2.24) is 10.9 Å². The fraction of sp³-hybridized carbons (Fsp3) is 0. The molecule has 0 saturated heterocycles. The van der Waals surface area contributed by atoms with E-state index in [1.165, 1.54) is 36.4 Å². The fourth-order valence-electron chi connectivity index (χ4n) is 1.72. The minimum atomic E-state index is -0.878. The van der Waals surface area contributed by atoms with E-state index in [0.717, 1.165) is 12.1 Å². The van der Waals surface area contributed by atoms with Crippen LogP contribution in [0.4, 0.5) is 10.1 Å². The third-order valence-corrected chi connectivity index (χ3v) is 2.75. The molecule has 0 bridgehead atoms. The molecule has 0 aromatic heterocycles. The van der Waals surface area contributed by atoms with Gasteiger partial charge in [0.1, 0.15) is 11.4 Å². The number of hydrogen-bond acceptors (Lipinski definition) is 4. The number of hydrogen-bond donors (Lipinski definition) is 2. The van der Waals surface area contributed by atoms with Crippen molar-refractivity contribution in [3.63, 3.8) is 0 Å². The maximum absolute atomic E-state index is 13.4. The number of rotatable bonds is 3. The first kappa shape index (κ1) is 15.1. The van der Waals surface area contributed by atoms with Gasteiger partial charge in [-0.1, -0.05) is 24.3 Å². The summed E-state index contributed by atoms with van der Waals surface area (Å²) in [6.45, 7) is 0. The van der Waals surface area contributed by atoms with Crippen LogP contribution in [-0.4, -0.2) is 16.7 Å². The molecule has 0 heterocycles. The van der Waals surface area contributed by atoms with Crippen LogP contribution in [0.15, 0.2) is 48.5 Å². The zero-order valence-corrected chi connectivity index (χ0v) is 11.1. The highest BCUT2D eigenvalue weighted by atomic mass is 19.1. The van der Waals surface area contributed by atoms with E-state index < -0.39 is 28.2 Å². The predicted octanol–water partition coefficient (Wildman–Crippen LogP) is 1.81. The number of halogens is 1. The number of carbonyl (C=O) groups is 2. The van der Waals surface area contributed by atoms with E-state index >= 15 is 0 Å². The monoisotopic (exact) mass is 303 g/mol. The van der Waals surface area contributed by atoms with E-state index in [0.29, 0.717) is 0 Å². The number of para-hydroxylation sites is 1. The largest absolute Gasteiger partial charge is 0.282 e. The molecule has 112 valence electrons. The van der Waals surface area contributed by atoms with E-state index in [2.05, 4.69) is 0 Å². The molecule has 0 fully saturated rings. The van der Waals surface area contributed by atoms with E-state index in [9.17, 15) is 24.1 Å². The second-order valence-electron chi connectivity index (χ2n) is 4.16. The molecule has 0 saturated carbocycles. The average Bonchev–Trinajstić information content (AvgIpc) is 2.52. The minimum Gasteiger partial charge on any atom is -0.267 e. The number of nitro benzene ring substituents is 1. The van der Waals surface area contributed by atoms with Gasteiger partial charge in [-0.25, -0.2) is 4.39 Å². The van der Waals surface area contributed by atoms with Gasteiger partial charge in [0.2, 0.25) is 0 Å². The van der Waals surface area contributed by atoms with Gasteiger partial charge in [-0.3, -0.25) is 30.6 Å². The summed E-state index contributed by atoms with van der Waals surface area (Å²) in [7, 11) is 0. The van der Waals surface area contributed by atoms with E-state index in [4.69, 9.17) is 0 Å². The lowest BCUT2D eigenvalue weighted by Crippen LogP contribution is -2.42. The Kier molecular flexibility index (Phi) is 4.42. The molecule has 2 N–H and O–H groups in total. The summed E-state index contributed by atoms with van der Waals surface area (Å²) < 4.78 is 13.4. The molecule has 7 nitrogen and oxygen atoms in total. The molecular weight excluding hydrogens is 293 g/mol. The fourth-order valence-corrected chi connectivity index (χ4v) is 1.72. The molecule has 0 aliphatic carbocycles. The first-order chi connectivity index (χ1) is 10.5. The Morgan fingerprint density at radius 2 is 1.41 bits per heavy atom. The molecule has 22 heavy (non-hydrogen) atoms. The van der Waals surface area contributed by atoms with Gasteiger partial charge in [0.05, 0.1) is 10.5 Å². The van der Waals surface area contributed by atoms with Crippen molar-refractivity contribution < 1.29 is 18.9 Å². The van der Waals surface area contributed by atoms with Crippen LogP contribution < -0.4 is 10.9 Å². The molecule has 0 aliphatic rings. The summed E-state index contributed by atoms with van der Waals surface area (Å²) in [6, 6.07) is 10.5. The maximum atomic E-state index is 13.4. The van der Waals surface area contributed by atoms with Crippen molar-refractivity contribution in [2.45, 2.75) is 0 Å². The van der Waals surface area contributed by atoms with Gasteiger partial charge in [0.15, 0.2) is 0 Å². The Bertz CT molecular complexity index is 748. The Morgan fingerprint density at radius 1 is 0.909 bits per heavy atom. The number of nitrogens with one attached hydrogen (secondary N) is 2. The number of amides is 2. The molecule has 0 aliphatic heterocycles. The minimum absolute atomic E-state index is 0.221. The van der Waals surface area contributed by atoms with Gasteiger partial charge in [-0.05, 0) is 18.2 Å². The zero-order chi connectivity index (χ0) is 16.1. The number of carbonyl (C=O) groups excluding carboxylic acids is 2. The smallest absolute Gasteiger partial charge is 0.267 e. The molecule has 0 radical (unpaired) electrons. The van der Waals surface area contributed by atoms with Crippen molar-refractivity contribution in [2.75, 3.05) is 0 Å². The Labute approximate surface area is 123 Å². The van der Waals surface area contributed by atoms with E-state index in [-0.39, 0.29) is 11.1 Å². The molecule has 2 amide bonds. The number of hydrazine groups is 1. The normalized spacial score (nSPS) is 9.86. The van der Waals surface area contributed by atoms with Gasteiger partial charge >= 0.3 is 0 Å².